The van der Waals surface area contributed by atoms with E-state index in [0.29, 0.717) is 37.0 Å². The third-order valence-corrected chi connectivity index (χ3v) is 8.07. The van der Waals surface area contributed by atoms with Crippen molar-refractivity contribution in [1.82, 2.24) is 15.5 Å². The molecule has 0 spiro atoms. The van der Waals surface area contributed by atoms with Crippen LogP contribution in [0.25, 0.3) is 5.70 Å². The van der Waals surface area contributed by atoms with Crippen molar-refractivity contribution in [3.63, 3.8) is 0 Å². The monoisotopic (exact) mass is 474 g/mol. The van der Waals surface area contributed by atoms with E-state index in [1.54, 1.807) is 6.92 Å². The first-order valence-electron chi connectivity index (χ1n) is 13.0. The zero-order valence-corrected chi connectivity index (χ0v) is 20.7. The Labute approximate surface area is 208 Å². The number of carbonyl (C=O) groups excluding carboxylic acids is 1. The normalized spacial score (nSPS) is 24.2. The molecule has 2 bridgehead atoms. The summed E-state index contributed by atoms with van der Waals surface area (Å²) in [6.45, 7) is 8.61. The number of piperidine rings is 1. The Hall–Kier alpha value is -2.83. The van der Waals surface area contributed by atoms with E-state index in [1.165, 1.54) is 24.0 Å². The van der Waals surface area contributed by atoms with E-state index in [9.17, 15) is 9.90 Å². The maximum absolute atomic E-state index is 11.8. The number of aliphatic hydroxyl groups is 1. The first-order valence-corrected chi connectivity index (χ1v) is 13.0. The van der Waals surface area contributed by atoms with Crippen molar-refractivity contribution >= 4 is 17.3 Å². The standard InChI is InChI=1S/C29H38N4O2/c1-19(30-15-28(35)16-31-27-13-22-6-3-4-7-23(22)14-27)21-8-5-9-26(12-21)32-29-24-10-11-25(29)18-33(17-24)20(2)34/h3-9,12,24-25,27-32,35H,1,10-11,13-18H2,2H3/t24?,25?,28-,29?/m1/s1. The minimum atomic E-state index is -0.487. The van der Waals surface area contributed by atoms with Crippen molar-refractivity contribution in [2.24, 2.45) is 11.8 Å². The van der Waals surface area contributed by atoms with Gasteiger partial charge in [0, 0.05) is 56.6 Å². The second-order valence-corrected chi connectivity index (χ2v) is 10.6. The van der Waals surface area contributed by atoms with Crippen LogP contribution in [0.2, 0.25) is 0 Å². The van der Waals surface area contributed by atoms with Crippen LogP contribution < -0.4 is 16.0 Å². The maximum atomic E-state index is 11.8. The summed E-state index contributed by atoms with van der Waals surface area (Å²) in [5, 5.41) is 21.1. The number of fused-ring (bicyclic) bond motifs is 3. The van der Waals surface area contributed by atoms with Gasteiger partial charge in [-0.25, -0.2) is 0 Å². The molecule has 4 N–H and O–H groups in total. The molecule has 5 rings (SSSR count). The van der Waals surface area contributed by atoms with Gasteiger partial charge in [-0.2, -0.15) is 0 Å². The fourth-order valence-corrected chi connectivity index (χ4v) is 6.13. The number of amides is 1. The fourth-order valence-electron chi connectivity index (χ4n) is 6.13. The first-order chi connectivity index (χ1) is 17.0. The molecular formula is C29H38N4O2. The number of hydrogen-bond donors (Lipinski definition) is 4. The lowest BCUT2D eigenvalue weighted by atomic mass is 9.91. The molecule has 1 heterocycles. The van der Waals surface area contributed by atoms with Crippen molar-refractivity contribution in [1.29, 1.82) is 0 Å². The van der Waals surface area contributed by atoms with Gasteiger partial charge in [0.25, 0.3) is 0 Å². The predicted octanol–water partition coefficient (Wildman–Crippen LogP) is 3.03. The van der Waals surface area contributed by atoms with Gasteiger partial charge in [-0.1, -0.05) is 43.0 Å². The van der Waals surface area contributed by atoms with Gasteiger partial charge in [0.1, 0.15) is 0 Å². The second kappa shape index (κ2) is 10.4. The van der Waals surface area contributed by atoms with E-state index in [2.05, 4.69) is 58.9 Å². The van der Waals surface area contributed by atoms with Crippen molar-refractivity contribution in [3.8, 4) is 0 Å². The zero-order chi connectivity index (χ0) is 24.4. The molecule has 186 valence electrons. The number of likely N-dealkylation sites (tertiary alicyclic amines) is 1. The average molecular weight is 475 g/mol. The molecule has 1 aliphatic heterocycles. The number of benzene rings is 2. The summed E-state index contributed by atoms with van der Waals surface area (Å²) in [6.07, 6.45) is 3.92. The molecule has 2 fully saturated rings. The molecule has 2 aliphatic carbocycles. The Morgan fingerprint density at radius 3 is 2.40 bits per heavy atom. The molecule has 3 aliphatic rings. The first kappa shape index (κ1) is 23.9. The van der Waals surface area contributed by atoms with Crippen molar-refractivity contribution in [3.05, 3.63) is 71.8 Å². The average Bonchev–Trinajstić information content (AvgIpc) is 3.36. The van der Waals surface area contributed by atoms with Gasteiger partial charge in [0.05, 0.1) is 6.10 Å². The molecule has 35 heavy (non-hydrogen) atoms. The summed E-state index contributed by atoms with van der Waals surface area (Å²) in [5.74, 6) is 1.21. The highest BCUT2D eigenvalue weighted by atomic mass is 16.3. The number of nitrogens with zero attached hydrogens (tertiary/aromatic N) is 1. The van der Waals surface area contributed by atoms with Gasteiger partial charge in [0.2, 0.25) is 5.91 Å². The molecule has 1 saturated carbocycles. The number of aliphatic hydroxyl groups excluding tert-OH is 1. The number of rotatable bonds is 9. The van der Waals surface area contributed by atoms with Gasteiger partial charge >= 0.3 is 0 Å². The highest BCUT2D eigenvalue weighted by Crippen LogP contribution is 2.39. The summed E-state index contributed by atoms with van der Waals surface area (Å²) >= 11 is 0. The minimum Gasteiger partial charge on any atom is -0.390 e. The Morgan fingerprint density at radius 2 is 1.74 bits per heavy atom. The lowest BCUT2D eigenvalue weighted by Gasteiger charge is -2.38. The molecule has 6 heteroatoms. The second-order valence-electron chi connectivity index (χ2n) is 10.6. The highest BCUT2D eigenvalue weighted by Gasteiger charge is 2.42. The van der Waals surface area contributed by atoms with Gasteiger partial charge in [0.15, 0.2) is 0 Å². The molecular weight excluding hydrogens is 436 g/mol. The van der Waals surface area contributed by atoms with E-state index >= 15 is 0 Å². The van der Waals surface area contributed by atoms with E-state index in [-0.39, 0.29) is 5.91 Å². The van der Waals surface area contributed by atoms with Crippen LogP contribution in [-0.4, -0.2) is 60.3 Å². The maximum Gasteiger partial charge on any atom is 0.219 e. The van der Waals surface area contributed by atoms with Crippen LogP contribution in [0.15, 0.2) is 55.1 Å². The topological polar surface area (TPSA) is 76.6 Å². The van der Waals surface area contributed by atoms with Crippen LogP contribution in [0.4, 0.5) is 5.69 Å². The predicted molar refractivity (Wildman–Crippen MR) is 141 cm³/mol. The SMILES string of the molecule is C=C(NC[C@@H](O)CNC1Cc2ccccc2C1)c1cccc(NC2C3CCC2CN(C(C)=O)C3)c1. The molecule has 1 amide bonds. The molecule has 1 saturated heterocycles. The molecule has 0 aromatic heterocycles. The Bertz CT molecular complexity index is 1030. The number of anilines is 1. The van der Waals surface area contributed by atoms with E-state index in [1.807, 2.05) is 17.0 Å². The third kappa shape index (κ3) is 5.54. The molecule has 2 aromatic carbocycles. The van der Waals surface area contributed by atoms with Crippen LogP contribution in [0, 0.1) is 11.8 Å². The van der Waals surface area contributed by atoms with Gasteiger partial charge < -0.3 is 26.0 Å². The summed E-state index contributed by atoms with van der Waals surface area (Å²) < 4.78 is 0. The quantitative estimate of drug-likeness (QED) is 0.450. The van der Waals surface area contributed by atoms with Gasteiger partial charge in [-0.3, -0.25) is 4.79 Å². The smallest absolute Gasteiger partial charge is 0.219 e. The van der Waals surface area contributed by atoms with E-state index < -0.39 is 6.10 Å². The summed E-state index contributed by atoms with van der Waals surface area (Å²) in [5.41, 5.74) is 5.76. The van der Waals surface area contributed by atoms with Crippen LogP contribution in [0.5, 0.6) is 0 Å². The van der Waals surface area contributed by atoms with E-state index in [0.717, 1.165) is 42.9 Å². The van der Waals surface area contributed by atoms with Crippen LogP contribution in [0.3, 0.4) is 0 Å². The van der Waals surface area contributed by atoms with Crippen LogP contribution >= 0.6 is 0 Å². The highest BCUT2D eigenvalue weighted by molar-refractivity contribution is 5.73. The van der Waals surface area contributed by atoms with Crippen molar-refractivity contribution < 1.29 is 9.90 Å². The molecule has 3 atom stereocenters. The number of carbonyl (C=O) groups is 1. The van der Waals surface area contributed by atoms with Crippen LogP contribution in [-0.2, 0) is 17.6 Å². The van der Waals surface area contributed by atoms with Crippen molar-refractivity contribution in [2.45, 2.75) is 50.8 Å². The molecule has 2 aromatic rings. The number of nitrogens with one attached hydrogen (secondary N) is 3. The Morgan fingerprint density at radius 1 is 1.06 bits per heavy atom. The molecule has 0 radical (unpaired) electrons. The number of hydrogen-bond acceptors (Lipinski definition) is 5. The van der Waals surface area contributed by atoms with Gasteiger partial charge in [-0.05, 0) is 66.3 Å². The summed E-state index contributed by atoms with van der Waals surface area (Å²) in [4.78, 5) is 13.8. The Balaban J connectivity index is 1.08. The Kier molecular flexibility index (Phi) is 7.12. The lowest BCUT2D eigenvalue weighted by molar-refractivity contribution is -0.131. The summed E-state index contributed by atoms with van der Waals surface area (Å²) in [6, 6.07) is 17.7. The summed E-state index contributed by atoms with van der Waals surface area (Å²) in [7, 11) is 0. The lowest BCUT2D eigenvalue weighted by Crippen LogP contribution is -2.49. The minimum absolute atomic E-state index is 0.190. The van der Waals surface area contributed by atoms with Crippen LogP contribution in [0.1, 0.15) is 36.5 Å². The third-order valence-electron chi connectivity index (χ3n) is 8.07. The van der Waals surface area contributed by atoms with Gasteiger partial charge in [-0.15, -0.1) is 0 Å². The van der Waals surface area contributed by atoms with E-state index in [4.69, 9.17) is 0 Å². The van der Waals surface area contributed by atoms with Crippen molar-refractivity contribution in [2.75, 3.05) is 31.5 Å². The molecule has 2 unspecified atom stereocenters. The molecule has 6 nitrogen and oxygen atoms in total. The zero-order valence-electron chi connectivity index (χ0n) is 20.7. The fraction of sp³-hybridized carbons (Fsp3) is 0.483. The largest absolute Gasteiger partial charge is 0.390 e.